The van der Waals surface area contributed by atoms with Crippen molar-refractivity contribution in [2.45, 2.75) is 45.4 Å². The van der Waals surface area contributed by atoms with Gasteiger partial charge < -0.3 is 29.6 Å². The zero-order valence-corrected chi connectivity index (χ0v) is 18.7. The molecular weight excluding hydrogens is 396 g/mol. The van der Waals surface area contributed by atoms with E-state index >= 15 is 0 Å². The van der Waals surface area contributed by atoms with Crippen LogP contribution in [-0.2, 0) is 11.3 Å². The van der Waals surface area contributed by atoms with Crippen molar-refractivity contribution in [2.75, 3.05) is 37.5 Å². The molecule has 0 aliphatic carbocycles. The van der Waals surface area contributed by atoms with E-state index in [4.69, 9.17) is 9.15 Å². The Morgan fingerprint density at radius 1 is 1.23 bits per heavy atom. The Morgan fingerprint density at radius 3 is 2.65 bits per heavy atom. The first-order chi connectivity index (χ1) is 14.8. The number of anilines is 2. The van der Waals surface area contributed by atoms with Crippen LogP contribution in [-0.4, -0.2) is 56.2 Å². The number of nitrogens with zero attached hydrogens (tertiary/aromatic N) is 2. The summed E-state index contributed by atoms with van der Waals surface area (Å²) in [5.74, 6) is 0.121. The summed E-state index contributed by atoms with van der Waals surface area (Å²) >= 11 is 0. The number of urea groups is 1. The molecule has 8 heteroatoms. The lowest BCUT2D eigenvalue weighted by molar-refractivity contribution is 0.0484. The highest BCUT2D eigenvalue weighted by Crippen LogP contribution is 2.26. The van der Waals surface area contributed by atoms with Crippen molar-refractivity contribution >= 4 is 23.3 Å². The maximum absolute atomic E-state index is 13.1. The predicted octanol–water partition coefficient (Wildman–Crippen LogP) is 3.70. The van der Waals surface area contributed by atoms with E-state index in [1.165, 1.54) is 6.26 Å². The fourth-order valence-corrected chi connectivity index (χ4v) is 3.67. The van der Waals surface area contributed by atoms with Gasteiger partial charge in [0.05, 0.1) is 12.4 Å². The largest absolute Gasteiger partial charge is 0.459 e. The van der Waals surface area contributed by atoms with Gasteiger partial charge in [-0.3, -0.25) is 4.79 Å². The summed E-state index contributed by atoms with van der Waals surface area (Å²) in [6.07, 6.45) is 3.45. The number of hydrogen-bond donors (Lipinski definition) is 2. The number of benzene rings is 1. The molecule has 2 aromatic rings. The Hall–Kier alpha value is -3.00. The van der Waals surface area contributed by atoms with Gasteiger partial charge in [-0.1, -0.05) is 0 Å². The minimum absolute atomic E-state index is 0.0137. The quantitative estimate of drug-likeness (QED) is 0.670. The molecule has 1 aliphatic heterocycles. The van der Waals surface area contributed by atoms with E-state index in [9.17, 15) is 9.59 Å². The number of hydrogen-bond acceptors (Lipinski definition) is 5. The first-order valence-electron chi connectivity index (χ1n) is 10.7. The highest BCUT2D eigenvalue weighted by molar-refractivity contribution is 5.92. The van der Waals surface area contributed by atoms with E-state index in [0.717, 1.165) is 30.7 Å². The highest BCUT2D eigenvalue weighted by atomic mass is 16.5. The lowest BCUT2D eigenvalue weighted by Crippen LogP contribution is -2.37. The van der Waals surface area contributed by atoms with Crippen molar-refractivity contribution in [3.05, 3.63) is 47.9 Å². The van der Waals surface area contributed by atoms with Crippen molar-refractivity contribution in [1.29, 1.82) is 0 Å². The SMILES string of the molecule is CC(C)NC(=O)Nc1ccc(N(C)C)c(CN(CC2CCCO2)C(=O)c2ccco2)c1. The second-order valence-electron chi connectivity index (χ2n) is 8.29. The van der Waals surface area contributed by atoms with Crippen molar-refractivity contribution in [1.82, 2.24) is 10.2 Å². The molecule has 0 bridgehead atoms. The predicted molar refractivity (Wildman–Crippen MR) is 120 cm³/mol. The fourth-order valence-electron chi connectivity index (χ4n) is 3.67. The summed E-state index contributed by atoms with van der Waals surface area (Å²) in [6.45, 7) is 5.39. The lowest BCUT2D eigenvalue weighted by Gasteiger charge is -2.27. The maximum Gasteiger partial charge on any atom is 0.319 e. The molecule has 1 aromatic heterocycles. The zero-order chi connectivity index (χ0) is 22.4. The van der Waals surface area contributed by atoms with Crippen LogP contribution in [0, 0.1) is 0 Å². The molecule has 1 atom stereocenters. The normalized spacial score (nSPS) is 15.7. The highest BCUT2D eigenvalue weighted by Gasteiger charge is 2.26. The Bertz CT molecular complexity index is 874. The summed E-state index contributed by atoms with van der Waals surface area (Å²) in [5, 5.41) is 5.69. The van der Waals surface area contributed by atoms with Crippen LogP contribution < -0.4 is 15.5 Å². The minimum atomic E-state index is -0.263. The standard InChI is InChI=1S/C23H32N4O4/c1-16(2)24-23(29)25-18-9-10-20(26(3)4)17(13-18)14-27(15-19-7-5-11-30-19)22(28)21-8-6-12-31-21/h6,8-10,12-13,16,19H,5,7,11,14-15H2,1-4H3,(H2,24,25,29). The molecule has 0 radical (unpaired) electrons. The monoisotopic (exact) mass is 428 g/mol. The molecule has 2 heterocycles. The molecule has 1 fully saturated rings. The van der Waals surface area contributed by atoms with Gasteiger partial charge in [-0.25, -0.2) is 4.79 Å². The number of carbonyl (C=O) groups is 2. The van der Waals surface area contributed by atoms with Gasteiger partial charge in [0.25, 0.3) is 5.91 Å². The van der Waals surface area contributed by atoms with Crippen molar-refractivity contribution < 1.29 is 18.7 Å². The summed E-state index contributed by atoms with van der Waals surface area (Å²) in [5.41, 5.74) is 2.56. The van der Waals surface area contributed by atoms with E-state index < -0.39 is 0 Å². The second-order valence-corrected chi connectivity index (χ2v) is 8.29. The van der Waals surface area contributed by atoms with Crippen LogP contribution in [0.25, 0.3) is 0 Å². The van der Waals surface area contributed by atoms with Crippen LogP contribution >= 0.6 is 0 Å². The molecular formula is C23H32N4O4. The molecule has 1 aromatic carbocycles. The minimum Gasteiger partial charge on any atom is -0.459 e. The Balaban J connectivity index is 1.85. The van der Waals surface area contributed by atoms with Crippen LogP contribution in [0.1, 0.15) is 42.8 Å². The van der Waals surface area contributed by atoms with Gasteiger partial charge in [-0.15, -0.1) is 0 Å². The van der Waals surface area contributed by atoms with E-state index in [1.54, 1.807) is 17.0 Å². The Labute approximate surface area is 183 Å². The molecule has 8 nitrogen and oxygen atoms in total. The second kappa shape index (κ2) is 10.3. The Morgan fingerprint density at radius 2 is 2.03 bits per heavy atom. The molecule has 0 saturated carbocycles. The number of rotatable bonds is 8. The van der Waals surface area contributed by atoms with E-state index in [2.05, 4.69) is 10.6 Å². The average Bonchev–Trinajstić information content (AvgIpc) is 3.40. The molecule has 1 unspecified atom stereocenters. The van der Waals surface area contributed by atoms with Gasteiger partial charge >= 0.3 is 6.03 Å². The van der Waals surface area contributed by atoms with Crippen molar-refractivity contribution in [3.63, 3.8) is 0 Å². The van der Waals surface area contributed by atoms with Gasteiger partial charge in [-0.2, -0.15) is 0 Å². The number of furan rings is 1. The van der Waals surface area contributed by atoms with Crippen LogP contribution in [0.2, 0.25) is 0 Å². The third-order valence-electron chi connectivity index (χ3n) is 5.07. The zero-order valence-electron chi connectivity index (χ0n) is 18.7. The number of carbonyl (C=O) groups excluding carboxylic acids is 2. The molecule has 1 saturated heterocycles. The summed E-state index contributed by atoms with van der Waals surface area (Å²) in [7, 11) is 3.91. The van der Waals surface area contributed by atoms with Crippen LogP contribution in [0.5, 0.6) is 0 Å². The molecule has 168 valence electrons. The number of nitrogens with one attached hydrogen (secondary N) is 2. The third-order valence-corrected chi connectivity index (χ3v) is 5.07. The summed E-state index contributed by atoms with van der Waals surface area (Å²) in [6, 6.07) is 8.87. The number of ether oxygens (including phenoxy) is 1. The average molecular weight is 429 g/mol. The van der Waals surface area contributed by atoms with Gasteiger partial charge in [0.15, 0.2) is 5.76 Å². The third kappa shape index (κ3) is 6.24. The smallest absolute Gasteiger partial charge is 0.319 e. The molecule has 1 aliphatic rings. The van der Waals surface area contributed by atoms with Crippen LogP contribution in [0.3, 0.4) is 0 Å². The van der Waals surface area contributed by atoms with Crippen molar-refractivity contribution in [3.8, 4) is 0 Å². The fraction of sp³-hybridized carbons (Fsp3) is 0.478. The Kier molecular flexibility index (Phi) is 7.57. The molecule has 3 amide bonds. The number of amides is 3. The van der Waals surface area contributed by atoms with E-state index in [0.29, 0.717) is 24.5 Å². The van der Waals surface area contributed by atoms with Gasteiger partial charge in [0.2, 0.25) is 0 Å². The van der Waals surface area contributed by atoms with Crippen LogP contribution in [0.4, 0.5) is 16.2 Å². The maximum atomic E-state index is 13.1. The van der Waals surface area contributed by atoms with E-state index in [-0.39, 0.29) is 24.1 Å². The van der Waals surface area contributed by atoms with Gasteiger partial charge in [0, 0.05) is 51.2 Å². The summed E-state index contributed by atoms with van der Waals surface area (Å²) < 4.78 is 11.1. The molecule has 3 rings (SSSR count). The van der Waals surface area contributed by atoms with Gasteiger partial charge in [-0.05, 0) is 62.6 Å². The molecule has 2 N–H and O–H groups in total. The molecule has 31 heavy (non-hydrogen) atoms. The first-order valence-corrected chi connectivity index (χ1v) is 10.7. The van der Waals surface area contributed by atoms with Gasteiger partial charge in [0.1, 0.15) is 0 Å². The van der Waals surface area contributed by atoms with Crippen molar-refractivity contribution in [2.24, 2.45) is 0 Å². The summed E-state index contributed by atoms with van der Waals surface area (Å²) in [4.78, 5) is 29.0. The topological polar surface area (TPSA) is 87.0 Å². The van der Waals surface area contributed by atoms with E-state index in [1.807, 2.05) is 51.0 Å². The lowest BCUT2D eigenvalue weighted by atomic mass is 10.1. The molecule has 0 spiro atoms. The first kappa shape index (κ1) is 22.7. The van der Waals surface area contributed by atoms with Crippen LogP contribution in [0.15, 0.2) is 41.0 Å².